The number of nitrogens with two attached hydrogens (primary N) is 2. The summed E-state index contributed by atoms with van der Waals surface area (Å²) in [6.45, 7) is 7.41. The van der Waals surface area contributed by atoms with E-state index in [2.05, 4.69) is 25.8 Å². The maximum atomic E-state index is 9.07. The molecule has 0 amide bonds. The predicted octanol–water partition coefficient (Wildman–Crippen LogP) is 1.53. The van der Waals surface area contributed by atoms with Crippen LogP contribution < -0.4 is 16.2 Å². The Bertz CT molecular complexity index is 446. The maximum absolute atomic E-state index is 9.07. The number of ether oxygens (including phenoxy) is 1. The lowest BCUT2D eigenvalue weighted by atomic mass is 9.93. The van der Waals surface area contributed by atoms with E-state index in [-0.39, 0.29) is 24.6 Å². The van der Waals surface area contributed by atoms with Gasteiger partial charge in [0.25, 0.3) is 0 Å². The molecule has 1 unspecified atom stereocenters. The van der Waals surface area contributed by atoms with Crippen molar-refractivity contribution in [3.63, 3.8) is 0 Å². The molecule has 1 aromatic carbocycles. The van der Waals surface area contributed by atoms with E-state index >= 15 is 0 Å². The van der Waals surface area contributed by atoms with Gasteiger partial charge in [0.2, 0.25) is 0 Å². The molecule has 0 saturated carbocycles. The molecule has 0 spiro atoms. The number of aliphatic hydroxyl groups is 1. The molecule has 1 rings (SSSR count). The van der Waals surface area contributed by atoms with Gasteiger partial charge in [-0.15, -0.1) is 0 Å². The minimum atomic E-state index is -0.354. The lowest BCUT2D eigenvalue weighted by Gasteiger charge is -2.18. The Labute approximate surface area is 127 Å². The Kier molecular flexibility index (Phi) is 6.65. The third-order valence-corrected chi connectivity index (χ3v) is 3.08. The maximum Gasteiger partial charge on any atom is 0.126 e. The molecule has 1 aromatic rings. The van der Waals surface area contributed by atoms with Gasteiger partial charge in [-0.05, 0) is 36.1 Å². The number of hydrogen-bond acceptors (Lipinski definition) is 4. The molecular weight excluding hydrogens is 266 g/mol. The summed E-state index contributed by atoms with van der Waals surface area (Å²) in [7, 11) is 0. The van der Waals surface area contributed by atoms with Crippen molar-refractivity contribution in [1.29, 1.82) is 0 Å². The van der Waals surface area contributed by atoms with Gasteiger partial charge in [0.15, 0.2) is 0 Å². The normalized spacial score (nSPS) is 14.0. The van der Waals surface area contributed by atoms with Crippen molar-refractivity contribution in [3.05, 3.63) is 29.8 Å². The number of benzene rings is 1. The van der Waals surface area contributed by atoms with Crippen LogP contribution in [0.1, 0.15) is 32.8 Å². The van der Waals surface area contributed by atoms with Gasteiger partial charge >= 0.3 is 0 Å². The number of rotatable bonds is 7. The summed E-state index contributed by atoms with van der Waals surface area (Å²) < 4.78 is 5.70. The highest BCUT2D eigenvalue weighted by Crippen LogP contribution is 2.19. The lowest BCUT2D eigenvalue weighted by molar-refractivity contribution is 0.243. The van der Waals surface area contributed by atoms with Crippen molar-refractivity contribution in [3.8, 4) is 5.75 Å². The molecule has 0 aliphatic carbocycles. The first kappa shape index (κ1) is 17.5. The molecule has 0 aliphatic rings. The second kappa shape index (κ2) is 8.00. The molecular formula is C16H27N3O2. The zero-order chi connectivity index (χ0) is 15.9. The zero-order valence-electron chi connectivity index (χ0n) is 13.2. The topological polar surface area (TPSA) is 93.9 Å². The van der Waals surface area contributed by atoms with E-state index in [0.717, 1.165) is 17.7 Å². The van der Waals surface area contributed by atoms with Crippen molar-refractivity contribution in [2.45, 2.75) is 33.2 Å². The number of aliphatic imine (C=N–C) groups is 1. The summed E-state index contributed by atoms with van der Waals surface area (Å²) in [5.41, 5.74) is 12.4. The van der Waals surface area contributed by atoms with Crippen LogP contribution in [0.4, 0.5) is 0 Å². The summed E-state index contributed by atoms with van der Waals surface area (Å²) in [5.74, 6) is 1.19. The number of nitrogens with zero attached hydrogens (tertiary/aromatic N) is 1. The van der Waals surface area contributed by atoms with Gasteiger partial charge in [-0.1, -0.05) is 20.8 Å². The SMILES string of the molecule is CC(C)(C)CCOc1ccc(C(N)=NC(CN)CO)cc1. The predicted molar refractivity (Wildman–Crippen MR) is 86.7 cm³/mol. The van der Waals surface area contributed by atoms with E-state index in [1.807, 2.05) is 24.3 Å². The van der Waals surface area contributed by atoms with Crippen LogP contribution in [0.2, 0.25) is 0 Å². The van der Waals surface area contributed by atoms with Crippen molar-refractivity contribution < 1.29 is 9.84 Å². The number of aliphatic hydroxyl groups excluding tert-OH is 1. The van der Waals surface area contributed by atoms with Crippen LogP contribution in [-0.2, 0) is 0 Å². The van der Waals surface area contributed by atoms with Crippen LogP contribution in [0.25, 0.3) is 0 Å². The minimum Gasteiger partial charge on any atom is -0.494 e. The fourth-order valence-corrected chi connectivity index (χ4v) is 1.64. The Balaban J connectivity index is 2.61. The average Bonchev–Trinajstić information content (AvgIpc) is 2.44. The van der Waals surface area contributed by atoms with Gasteiger partial charge in [0, 0.05) is 12.1 Å². The van der Waals surface area contributed by atoms with E-state index in [1.165, 1.54) is 0 Å². The Morgan fingerprint density at radius 3 is 2.38 bits per heavy atom. The third-order valence-electron chi connectivity index (χ3n) is 3.08. The number of hydrogen-bond donors (Lipinski definition) is 3. The summed E-state index contributed by atoms with van der Waals surface area (Å²) in [6.07, 6.45) is 0.993. The molecule has 0 saturated heterocycles. The first-order chi connectivity index (χ1) is 9.85. The fraction of sp³-hybridized carbons (Fsp3) is 0.562. The second-order valence-corrected chi connectivity index (χ2v) is 6.27. The Morgan fingerprint density at radius 1 is 1.29 bits per heavy atom. The average molecular weight is 293 g/mol. The summed E-state index contributed by atoms with van der Waals surface area (Å²) in [6, 6.07) is 7.10. The van der Waals surface area contributed by atoms with Gasteiger partial charge in [-0.25, -0.2) is 0 Å². The molecule has 5 N–H and O–H groups in total. The molecule has 0 radical (unpaired) electrons. The molecule has 118 valence electrons. The van der Waals surface area contributed by atoms with Crippen molar-refractivity contribution in [1.82, 2.24) is 0 Å². The summed E-state index contributed by atoms with van der Waals surface area (Å²) >= 11 is 0. The first-order valence-corrected chi connectivity index (χ1v) is 7.23. The van der Waals surface area contributed by atoms with Crippen LogP contribution in [-0.4, -0.2) is 36.7 Å². The molecule has 0 aromatic heterocycles. The highest BCUT2D eigenvalue weighted by atomic mass is 16.5. The van der Waals surface area contributed by atoms with Gasteiger partial charge in [-0.3, -0.25) is 4.99 Å². The molecule has 0 aliphatic heterocycles. The number of amidine groups is 1. The highest BCUT2D eigenvalue weighted by molar-refractivity contribution is 5.97. The van der Waals surface area contributed by atoms with Gasteiger partial charge in [0.1, 0.15) is 11.6 Å². The molecule has 5 nitrogen and oxygen atoms in total. The van der Waals surface area contributed by atoms with Crippen molar-refractivity contribution in [2.75, 3.05) is 19.8 Å². The van der Waals surface area contributed by atoms with Crippen LogP contribution in [0.3, 0.4) is 0 Å². The molecule has 5 heteroatoms. The molecule has 0 fully saturated rings. The zero-order valence-corrected chi connectivity index (χ0v) is 13.2. The summed E-state index contributed by atoms with van der Waals surface area (Å²) in [4.78, 5) is 4.19. The molecule has 0 bridgehead atoms. The largest absolute Gasteiger partial charge is 0.494 e. The fourth-order valence-electron chi connectivity index (χ4n) is 1.64. The van der Waals surface area contributed by atoms with Crippen LogP contribution in [0.5, 0.6) is 5.75 Å². The monoisotopic (exact) mass is 293 g/mol. The van der Waals surface area contributed by atoms with Crippen molar-refractivity contribution in [2.24, 2.45) is 21.9 Å². The summed E-state index contributed by atoms with van der Waals surface area (Å²) in [5, 5.41) is 9.07. The lowest BCUT2D eigenvalue weighted by Crippen LogP contribution is -2.26. The standard InChI is InChI=1S/C16H27N3O2/c1-16(2,3)8-9-21-14-6-4-12(5-7-14)15(18)19-13(10-17)11-20/h4-7,13,20H,8-11,17H2,1-3H3,(H2,18,19). The van der Waals surface area contributed by atoms with Gasteiger partial charge in [-0.2, -0.15) is 0 Å². The highest BCUT2D eigenvalue weighted by Gasteiger charge is 2.10. The van der Waals surface area contributed by atoms with E-state index in [4.69, 9.17) is 21.3 Å². The second-order valence-electron chi connectivity index (χ2n) is 6.27. The Morgan fingerprint density at radius 2 is 1.90 bits per heavy atom. The van der Waals surface area contributed by atoms with E-state index in [9.17, 15) is 0 Å². The van der Waals surface area contributed by atoms with Crippen LogP contribution >= 0.6 is 0 Å². The van der Waals surface area contributed by atoms with Crippen LogP contribution in [0, 0.1) is 5.41 Å². The molecule has 21 heavy (non-hydrogen) atoms. The van der Waals surface area contributed by atoms with Crippen LogP contribution in [0.15, 0.2) is 29.3 Å². The van der Waals surface area contributed by atoms with E-state index in [0.29, 0.717) is 12.4 Å². The van der Waals surface area contributed by atoms with E-state index < -0.39 is 0 Å². The van der Waals surface area contributed by atoms with Crippen molar-refractivity contribution >= 4 is 5.84 Å². The quantitative estimate of drug-likeness (QED) is 0.525. The third kappa shape index (κ3) is 6.60. The smallest absolute Gasteiger partial charge is 0.126 e. The van der Waals surface area contributed by atoms with Gasteiger partial charge < -0.3 is 21.3 Å². The molecule has 0 heterocycles. The van der Waals surface area contributed by atoms with Gasteiger partial charge in [0.05, 0.1) is 19.3 Å². The Hall–Kier alpha value is -1.59. The first-order valence-electron chi connectivity index (χ1n) is 7.23. The van der Waals surface area contributed by atoms with E-state index in [1.54, 1.807) is 0 Å². The minimum absolute atomic E-state index is 0.106. The molecule has 1 atom stereocenters.